The second-order valence-electron chi connectivity index (χ2n) is 10.0. The summed E-state index contributed by atoms with van der Waals surface area (Å²) in [5.41, 5.74) is 1.03. The Kier molecular flexibility index (Phi) is 7.40. The van der Waals surface area contributed by atoms with Crippen LogP contribution in [0.2, 0.25) is 0 Å². The van der Waals surface area contributed by atoms with Gasteiger partial charge in [0.15, 0.2) is 0 Å². The van der Waals surface area contributed by atoms with E-state index in [4.69, 9.17) is 4.84 Å². The molecule has 39 heavy (non-hydrogen) atoms. The topological polar surface area (TPSA) is 98.7 Å². The molecule has 198 valence electrons. The highest BCUT2D eigenvalue weighted by Gasteiger charge is 2.46. The van der Waals surface area contributed by atoms with Crippen LogP contribution in [-0.2, 0) is 15.6 Å². The van der Waals surface area contributed by atoms with E-state index in [1.54, 1.807) is 0 Å². The van der Waals surface area contributed by atoms with Crippen molar-refractivity contribution in [1.82, 2.24) is 9.63 Å². The minimum Gasteiger partial charge on any atom is -0.492 e. The lowest BCUT2D eigenvalue weighted by Gasteiger charge is -2.41. The first-order chi connectivity index (χ1) is 19.0. The molecule has 0 aliphatic carbocycles. The third-order valence-electron chi connectivity index (χ3n) is 7.93. The molecule has 3 aromatic carbocycles. The van der Waals surface area contributed by atoms with Gasteiger partial charge in [0.2, 0.25) is 11.8 Å². The molecule has 2 N–H and O–H groups in total. The second-order valence-corrected chi connectivity index (χ2v) is 10.0. The van der Waals surface area contributed by atoms with Crippen molar-refractivity contribution in [2.75, 3.05) is 19.6 Å². The summed E-state index contributed by atoms with van der Waals surface area (Å²) >= 11 is 0. The molecule has 5 rings (SSSR count). The minimum atomic E-state index is -0.938. The van der Waals surface area contributed by atoms with E-state index in [0.717, 1.165) is 21.4 Å². The van der Waals surface area contributed by atoms with Crippen molar-refractivity contribution in [3.05, 3.63) is 120 Å². The zero-order valence-corrected chi connectivity index (χ0v) is 21.6. The monoisotopic (exact) mass is 521 g/mol. The Morgan fingerprint density at radius 3 is 1.79 bits per heavy atom. The number of rotatable bonds is 8. The van der Waals surface area contributed by atoms with Gasteiger partial charge < -0.3 is 20.0 Å². The smallest absolute Gasteiger partial charge is 0.343 e. The SMILES string of the molecule is N#CC(CCN1CCC(C(=O)On2c(O)ccc2O)(c2ccccc2)CC1)(c1ccccc1)c1ccccc1. The Morgan fingerprint density at radius 2 is 1.31 bits per heavy atom. The standard InChI is InChI=1S/C32H31N3O4/c33-24-32(26-12-6-2-7-13-26,27-14-8-3-9-15-27)20-23-34-21-18-31(19-22-34,25-10-4-1-5-11-25)30(38)39-35-28(36)16-17-29(35)37/h1-17,36-37H,18-23H2. The molecule has 0 atom stereocenters. The van der Waals surface area contributed by atoms with Gasteiger partial charge in [-0.1, -0.05) is 91.0 Å². The third kappa shape index (κ3) is 4.99. The highest BCUT2D eigenvalue weighted by molar-refractivity contribution is 5.84. The number of carbonyl (C=O) groups excluding carboxylic acids is 1. The number of carbonyl (C=O) groups is 1. The Bertz CT molecular complexity index is 1380. The normalized spacial score (nSPS) is 15.4. The summed E-state index contributed by atoms with van der Waals surface area (Å²) in [7, 11) is 0. The summed E-state index contributed by atoms with van der Waals surface area (Å²) in [5.74, 6) is -1.23. The first-order valence-corrected chi connectivity index (χ1v) is 13.1. The molecule has 0 bridgehead atoms. The van der Waals surface area contributed by atoms with E-state index in [1.807, 2.05) is 91.0 Å². The number of nitrogens with zero attached hydrogens (tertiary/aromatic N) is 3. The molecule has 0 spiro atoms. The summed E-state index contributed by atoms with van der Waals surface area (Å²) in [5, 5.41) is 30.6. The lowest BCUT2D eigenvalue weighted by atomic mass is 9.71. The lowest BCUT2D eigenvalue weighted by Crippen LogP contribution is -2.50. The molecular weight excluding hydrogens is 490 g/mol. The predicted molar refractivity (Wildman–Crippen MR) is 147 cm³/mol. The molecular formula is C32H31N3O4. The first kappa shape index (κ1) is 26.1. The van der Waals surface area contributed by atoms with Crippen molar-refractivity contribution in [1.29, 1.82) is 5.26 Å². The van der Waals surface area contributed by atoms with Crippen molar-refractivity contribution in [2.24, 2.45) is 0 Å². The van der Waals surface area contributed by atoms with Gasteiger partial charge in [0, 0.05) is 18.7 Å². The molecule has 1 fully saturated rings. The number of likely N-dealkylation sites (tertiary alicyclic amines) is 1. The van der Waals surface area contributed by atoms with Gasteiger partial charge in [-0.3, -0.25) is 0 Å². The molecule has 7 nitrogen and oxygen atoms in total. The molecule has 0 saturated carbocycles. The summed E-state index contributed by atoms with van der Waals surface area (Å²) < 4.78 is 0.750. The maximum Gasteiger partial charge on any atom is 0.343 e. The van der Waals surface area contributed by atoms with Crippen LogP contribution in [0.1, 0.15) is 36.0 Å². The number of piperidine rings is 1. The van der Waals surface area contributed by atoms with Gasteiger partial charge >= 0.3 is 5.97 Å². The van der Waals surface area contributed by atoms with E-state index in [0.29, 0.717) is 38.9 Å². The van der Waals surface area contributed by atoms with Gasteiger partial charge in [-0.25, -0.2) is 4.79 Å². The van der Waals surface area contributed by atoms with Gasteiger partial charge in [-0.2, -0.15) is 5.26 Å². The number of aromatic nitrogens is 1. The fourth-order valence-electron chi connectivity index (χ4n) is 5.60. The number of aromatic hydroxyl groups is 2. The van der Waals surface area contributed by atoms with Crippen molar-refractivity contribution in [3.63, 3.8) is 0 Å². The highest BCUT2D eigenvalue weighted by Crippen LogP contribution is 2.39. The number of hydrogen-bond donors (Lipinski definition) is 2. The van der Waals surface area contributed by atoms with Crippen molar-refractivity contribution in [3.8, 4) is 17.8 Å². The Hall–Kier alpha value is -4.54. The van der Waals surface area contributed by atoms with E-state index < -0.39 is 16.8 Å². The van der Waals surface area contributed by atoms with Gasteiger partial charge in [0.05, 0.1) is 11.5 Å². The van der Waals surface area contributed by atoms with Crippen LogP contribution in [0.5, 0.6) is 11.8 Å². The van der Waals surface area contributed by atoms with Crippen LogP contribution in [0.15, 0.2) is 103 Å². The van der Waals surface area contributed by atoms with Gasteiger partial charge in [0.1, 0.15) is 5.41 Å². The molecule has 7 heteroatoms. The molecule has 2 heterocycles. The number of hydrogen-bond acceptors (Lipinski definition) is 6. The van der Waals surface area contributed by atoms with Crippen LogP contribution in [-0.4, -0.2) is 45.4 Å². The van der Waals surface area contributed by atoms with Crippen LogP contribution in [0.4, 0.5) is 0 Å². The lowest BCUT2D eigenvalue weighted by molar-refractivity contribution is -0.154. The third-order valence-corrected chi connectivity index (χ3v) is 7.93. The average molecular weight is 522 g/mol. The van der Waals surface area contributed by atoms with E-state index in [-0.39, 0.29) is 11.8 Å². The molecule has 1 saturated heterocycles. The zero-order chi connectivity index (χ0) is 27.3. The van der Waals surface area contributed by atoms with Gasteiger partial charge in [-0.15, -0.1) is 4.73 Å². The fraction of sp³-hybridized carbons (Fsp3) is 0.250. The molecule has 4 aromatic rings. The molecule has 0 amide bonds. The van der Waals surface area contributed by atoms with E-state index in [1.165, 1.54) is 12.1 Å². The van der Waals surface area contributed by atoms with E-state index in [2.05, 4.69) is 11.0 Å². The maximum absolute atomic E-state index is 13.6. The van der Waals surface area contributed by atoms with Crippen LogP contribution in [0, 0.1) is 11.3 Å². The molecule has 1 aliphatic heterocycles. The van der Waals surface area contributed by atoms with Crippen molar-refractivity contribution < 1.29 is 19.8 Å². The summed E-state index contributed by atoms with van der Waals surface area (Å²) in [6.45, 7) is 1.92. The van der Waals surface area contributed by atoms with Crippen LogP contribution in [0.3, 0.4) is 0 Å². The van der Waals surface area contributed by atoms with Crippen LogP contribution < -0.4 is 4.84 Å². The zero-order valence-electron chi connectivity index (χ0n) is 21.6. The molecule has 0 radical (unpaired) electrons. The van der Waals surface area contributed by atoms with E-state index in [9.17, 15) is 20.3 Å². The van der Waals surface area contributed by atoms with E-state index >= 15 is 0 Å². The summed E-state index contributed by atoms with van der Waals surface area (Å²) in [6, 6.07) is 34.5. The van der Waals surface area contributed by atoms with Gasteiger partial charge in [0.25, 0.3) is 0 Å². The second kappa shape index (κ2) is 11.1. The first-order valence-electron chi connectivity index (χ1n) is 13.1. The maximum atomic E-state index is 13.6. The minimum absolute atomic E-state index is 0.351. The predicted octanol–water partition coefficient (Wildman–Crippen LogP) is 4.79. The van der Waals surface area contributed by atoms with Crippen molar-refractivity contribution in [2.45, 2.75) is 30.1 Å². The van der Waals surface area contributed by atoms with Gasteiger partial charge in [-0.05, 0) is 49.0 Å². The fourth-order valence-corrected chi connectivity index (χ4v) is 5.60. The Labute approximate surface area is 228 Å². The molecule has 1 aromatic heterocycles. The Morgan fingerprint density at radius 1 is 0.821 bits per heavy atom. The summed E-state index contributed by atoms with van der Waals surface area (Å²) in [4.78, 5) is 21.4. The largest absolute Gasteiger partial charge is 0.492 e. The van der Waals surface area contributed by atoms with Crippen LogP contribution in [0.25, 0.3) is 0 Å². The quantitative estimate of drug-likeness (QED) is 0.346. The highest BCUT2D eigenvalue weighted by atomic mass is 16.7. The number of benzene rings is 3. The van der Waals surface area contributed by atoms with Crippen molar-refractivity contribution >= 4 is 5.97 Å². The average Bonchev–Trinajstić information content (AvgIpc) is 3.31. The molecule has 0 unspecified atom stereocenters. The molecule has 1 aliphatic rings. The summed E-state index contributed by atoms with van der Waals surface area (Å²) in [6.07, 6.45) is 1.59. The van der Waals surface area contributed by atoms with Crippen LogP contribution >= 0.6 is 0 Å². The Balaban J connectivity index is 1.36. The number of nitriles is 1.